The molecule has 0 spiro atoms. The van der Waals surface area contributed by atoms with Crippen LogP contribution in [-0.4, -0.2) is 38.8 Å². The normalized spacial score (nSPS) is 15.9. The quantitative estimate of drug-likeness (QED) is 0.880. The summed E-state index contributed by atoms with van der Waals surface area (Å²) in [5.74, 6) is 0.592. The Morgan fingerprint density at radius 3 is 2.75 bits per heavy atom. The van der Waals surface area contributed by atoms with Gasteiger partial charge in [0, 0.05) is 6.04 Å². The first-order valence-electron chi connectivity index (χ1n) is 6.39. The Bertz CT molecular complexity index is 609. The Kier molecular flexibility index (Phi) is 3.27. The molecule has 7 nitrogen and oxygen atoms in total. The minimum Gasteiger partial charge on any atom is -0.480 e. The number of rotatable bonds is 5. The molecule has 2 aromatic heterocycles. The number of ether oxygens (including phenoxy) is 2. The highest BCUT2D eigenvalue weighted by molar-refractivity contribution is 5.30. The molecule has 1 aliphatic carbocycles. The van der Waals surface area contributed by atoms with Gasteiger partial charge < -0.3 is 19.1 Å². The first kappa shape index (κ1) is 12.9. The maximum atomic E-state index is 10.5. The van der Waals surface area contributed by atoms with E-state index in [-0.39, 0.29) is 5.88 Å². The number of nitrogens with zero attached hydrogens (tertiary/aromatic N) is 4. The van der Waals surface area contributed by atoms with Crippen molar-refractivity contribution < 1.29 is 14.6 Å². The molecule has 3 rings (SSSR count). The average molecular weight is 276 g/mol. The smallest absolute Gasteiger partial charge is 0.241 e. The van der Waals surface area contributed by atoms with E-state index < -0.39 is 6.10 Å². The van der Waals surface area contributed by atoms with Gasteiger partial charge in [0.25, 0.3) is 0 Å². The van der Waals surface area contributed by atoms with Crippen LogP contribution in [0.2, 0.25) is 0 Å². The molecule has 1 atom stereocenters. The van der Waals surface area contributed by atoms with E-state index in [1.165, 1.54) is 20.4 Å². The van der Waals surface area contributed by atoms with Crippen molar-refractivity contribution in [3.63, 3.8) is 0 Å². The first-order valence-corrected chi connectivity index (χ1v) is 6.39. The lowest BCUT2D eigenvalue weighted by Gasteiger charge is -2.15. The van der Waals surface area contributed by atoms with Crippen molar-refractivity contribution in [2.75, 3.05) is 14.2 Å². The van der Waals surface area contributed by atoms with Crippen LogP contribution in [0.5, 0.6) is 11.8 Å². The molecule has 7 heteroatoms. The summed E-state index contributed by atoms with van der Waals surface area (Å²) < 4.78 is 12.2. The van der Waals surface area contributed by atoms with Crippen LogP contribution < -0.4 is 9.47 Å². The van der Waals surface area contributed by atoms with Gasteiger partial charge in [0.05, 0.1) is 38.6 Å². The lowest BCUT2D eigenvalue weighted by molar-refractivity contribution is 0.197. The fourth-order valence-electron chi connectivity index (χ4n) is 2.13. The molecule has 0 saturated heterocycles. The van der Waals surface area contributed by atoms with Gasteiger partial charge in [0.2, 0.25) is 11.8 Å². The number of hydrogen-bond donors (Lipinski definition) is 1. The zero-order valence-corrected chi connectivity index (χ0v) is 11.4. The van der Waals surface area contributed by atoms with Gasteiger partial charge >= 0.3 is 0 Å². The van der Waals surface area contributed by atoms with Crippen LogP contribution in [0.1, 0.15) is 36.4 Å². The summed E-state index contributed by atoms with van der Waals surface area (Å²) in [4.78, 5) is 12.4. The molecule has 1 unspecified atom stereocenters. The van der Waals surface area contributed by atoms with Crippen molar-refractivity contribution in [3.8, 4) is 11.8 Å². The van der Waals surface area contributed by atoms with E-state index in [9.17, 15) is 5.11 Å². The second-order valence-electron chi connectivity index (χ2n) is 4.67. The summed E-state index contributed by atoms with van der Waals surface area (Å²) in [7, 11) is 2.99. The monoisotopic (exact) mass is 276 g/mol. The highest BCUT2D eigenvalue weighted by Gasteiger charge is 2.29. The van der Waals surface area contributed by atoms with Crippen LogP contribution in [0.4, 0.5) is 0 Å². The van der Waals surface area contributed by atoms with Gasteiger partial charge in [-0.3, -0.25) is 0 Å². The van der Waals surface area contributed by atoms with Crippen molar-refractivity contribution in [2.45, 2.75) is 25.0 Å². The van der Waals surface area contributed by atoms with E-state index in [4.69, 9.17) is 9.47 Å². The average Bonchev–Trinajstić information content (AvgIpc) is 3.22. The van der Waals surface area contributed by atoms with Crippen molar-refractivity contribution in [2.24, 2.45) is 0 Å². The van der Waals surface area contributed by atoms with Gasteiger partial charge in [-0.05, 0) is 12.8 Å². The topological polar surface area (TPSA) is 82.3 Å². The van der Waals surface area contributed by atoms with E-state index in [0.717, 1.165) is 12.8 Å². The number of aliphatic hydroxyl groups excluding tert-OH is 1. The molecule has 0 aromatic carbocycles. The molecule has 0 amide bonds. The minimum atomic E-state index is -0.925. The number of aliphatic hydroxyl groups is 1. The molecule has 1 aliphatic rings. The molecule has 1 saturated carbocycles. The van der Waals surface area contributed by atoms with Crippen LogP contribution >= 0.6 is 0 Å². The van der Waals surface area contributed by atoms with E-state index in [0.29, 0.717) is 23.3 Å². The number of methoxy groups -OCH3 is 2. The van der Waals surface area contributed by atoms with Crippen LogP contribution in [-0.2, 0) is 0 Å². The second kappa shape index (κ2) is 5.09. The zero-order valence-electron chi connectivity index (χ0n) is 11.4. The predicted molar refractivity (Wildman–Crippen MR) is 69.7 cm³/mol. The third-order valence-electron chi connectivity index (χ3n) is 3.32. The third kappa shape index (κ3) is 2.20. The lowest BCUT2D eigenvalue weighted by atomic mass is 10.2. The van der Waals surface area contributed by atoms with Crippen LogP contribution in [0.15, 0.2) is 18.7 Å². The molecule has 1 N–H and O–H groups in total. The summed E-state index contributed by atoms with van der Waals surface area (Å²) in [6.45, 7) is 0. The molecule has 106 valence electrons. The minimum absolute atomic E-state index is 0.250. The van der Waals surface area contributed by atoms with Gasteiger partial charge in [-0.2, -0.15) is 4.98 Å². The molecule has 2 aromatic rings. The summed E-state index contributed by atoms with van der Waals surface area (Å²) in [5.41, 5.74) is 1.06. The fraction of sp³-hybridized carbons (Fsp3) is 0.462. The standard InChI is InChI=1S/C13H16N4O3/c1-19-10-6-15-11(13(16-10)20-2)12(18)9-5-14-7-17(9)8-3-4-8/h5-8,12,18H,3-4H2,1-2H3. The van der Waals surface area contributed by atoms with Crippen LogP contribution in [0, 0.1) is 0 Å². The maximum absolute atomic E-state index is 10.5. The van der Waals surface area contributed by atoms with Crippen molar-refractivity contribution in [3.05, 3.63) is 30.1 Å². The van der Waals surface area contributed by atoms with Gasteiger partial charge in [-0.1, -0.05) is 0 Å². The van der Waals surface area contributed by atoms with Crippen LogP contribution in [0.25, 0.3) is 0 Å². The Hall–Kier alpha value is -2.15. The number of imidazole rings is 1. The first-order chi connectivity index (χ1) is 9.74. The Morgan fingerprint density at radius 1 is 1.30 bits per heavy atom. The lowest BCUT2D eigenvalue weighted by Crippen LogP contribution is -2.11. The van der Waals surface area contributed by atoms with Gasteiger partial charge in [0.1, 0.15) is 11.8 Å². The fourth-order valence-corrected chi connectivity index (χ4v) is 2.13. The Balaban J connectivity index is 1.97. The number of hydrogen-bond acceptors (Lipinski definition) is 6. The summed E-state index contributed by atoms with van der Waals surface area (Å²) in [6.07, 6.45) is 6.14. The summed E-state index contributed by atoms with van der Waals surface area (Å²) in [6, 6.07) is 0.430. The van der Waals surface area contributed by atoms with Gasteiger partial charge in [0.15, 0.2) is 0 Å². The highest BCUT2D eigenvalue weighted by Crippen LogP contribution is 2.38. The van der Waals surface area contributed by atoms with Crippen molar-refractivity contribution in [1.29, 1.82) is 0 Å². The van der Waals surface area contributed by atoms with Gasteiger partial charge in [-0.25, -0.2) is 9.97 Å². The highest BCUT2D eigenvalue weighted by atomic mass is 16.5. The Labute approximate surface area is 116 Å². The molecule has 2 heterocycles. The third-order valence-corrected chi connectivity index (χ3v) is 3.32. The van der Waals surface area contributed by atoms with E-state index in [2.05, 4.69) is 15.0 Å². The SMILES string of the molecule is COc1cnc(C(O)c2cncn2C2CC2)c(OC)n1. The molecule has 0 aliphatic heterocycles. The number of aromatic nitrogens is 4. The van der Waals surface area contributed by atoms with E-state index in [1.807, 2.05) is 4.57 Å². The molecular weight excluding hydrogens is 260 g/mol. The molecule has 0 bridgehead atoms. The predicted octanol–water partition coefficient (Wildman–Crippen LogP) is 1.11. The maximum Gasteiger partial charge on any atom is 0.241 e. The van der Waals surface area contributed by atoms with Crippen LogP contribution in [0.3, 0.4) is 0 Å². The summed E-state index contributed by atoms with van der Waals surface area (Å²) in [5, 5.41) is 10.5. The molecule has 0 radical (unpaired) electrons. The largest absolute Gasteiger partial charge is 0.480 e. The Morgan fingerprint density at radius 2 is 2.10 bits per heavy atom. The molecular formula is C13H16N4O3. The zero-order chi connectivity index (χ0) is 14.1. The van der Waals surface area contributed by atoms with Crippen molar-refractivity contribution in [1.82, 2.24) is 19.5 Å². The second-order valence-corrected chi connectivity index (χ2v) is 4.67. The molecule has 1 fully saturated rings. The van der Waals surface area contributed by atoms with Gasteiger partial charge in [-0.15, -0.1) is 0 Å². The van der Waals surface area contributed by atoms with E-state index in [1.54, 1.807) is 12.5 Å². The molecule has 20 heavy (non-hydrogen) atoms. The van der Waals surface area contributed by atoms with Crippen molar-refractivity contribution >= 4 is 0 Å². The van der Waals surface area contributed by atoms with E-state index >= 15 is 0 Å². The summed E-state index contributed by atoms with van der Waals surface area (Å²) >= 11 is 0.